The number of carbonyl (C=O) groups excluding carboxylic acids is 2. The Hall–Kier alpha value is -1.39. The van der Waals surface area contributed by atoms with Crippen LogP contribution in [-0.2, 0) is 76.3 Å². The fraction of sp³-hybridized carbons (Fsp3) is 0.891. The minimum absolute atomic E-state index is 0. The molecule has 11 unspecified atom stereocenters. The minimum atomic E-state index is -5.41. The number of ether oxygens (including phenoxy) is 11. The largest absolute Gasteiger partial charge is 1.00 e. The number of hydrogen-bond acceptors (Lipinski definition) is 25. The van der Waals surface area contributed by atoms with Gasteiger partial charge in [-0.1, -0.05) is 51.0 Å². The third-order valence-electron chi connectivity index (χ3n) is 20.2. The van der Waals surface area contributed by atoms with E-state index in [1.54, 1.807) is 0 Å². The van der Waals surface area contributed by atoms with Crippen molar-refractivity contribution in [3.05, 3.63) is 23.3 Å². The zero-order valence-electron chi connectivity index (χ0n) is 48.6. The van der Waals surface area contributed by atoms with Gasteiger partial charge in [0.15, 0.2) is 25.2 Å². The molecule has 27 heteroatoms. The van der Waals surface area contributed by atoms with Crippen LogP contribution in [0.5, 0.6) is 0 Å². The molecule has 0 aromatic heterocycles. The van der Waals surface area contributed by atoms with Crippen molar-refractivity contribution in [2.45, 2.75) is 242 Å². The number of hydrogen-bond donors (Lipinski definition) is 8. The predicted octanol–water partition coefficient (Wildman–Crippen LogP) is -2.72. The summed E-state index contributed by atoms with van der Waals surface area (Å²) >= 11 is 0. The number of allylic oxidation sites excluding steroid dienone is 4. The molecule has 9 aliphatic rings. The van der Waals surface area contributed by atoms with Crippen molar-refractivity contribution in [1.82, 2.24) is 0 Å². The second kappa shape index (κ2) is 24.9. The molecule has 0 radical (unpaired) electrons. The van der Waals surface area contributed by atoms with Gasteiger partial charge in [-0.05, 0) is 102 Å². The summed E-state index contributed by atoms with van der Waals surface area (Å²) in [6, 6.07) is 0. The first-order valence-electron chi connectivity index (χ1n) is 28.3. The van der Waals surface area contributed by atoms with Gasteiger partial charge < -0.3 is 97.5 Å². The van der Waals surface area contributed by atoms with Gasteiger partial charge in [0.1, 0.15) is 91.1 Å². The molecule has 5 saturated heterocycles. The first-order chi connectivity index (χ1) is 37.9. The molecule has 82 heavy (non-hydrogen) atoms. The summed E-state index contributed by atoms with van der Waals surface area (Å²) in [5.41, 5.74) is -1.06. The average molecular weight is 1200 g/mol. The molecule has 4 aliphatic carbocycles. The molecule has 5 aliphatic heterocycles. The SMILES string of the molecule is COC1C(O)[C@H](OC2C(O)[C@H](O[C@H]3C(O)[C@H](O)[C@H](OC4C(O[C@H]5CC[C@@]6(C)C(CC=C7[C@H]6CC[C@]68C(=O)O[C@@](C)(CCC=C(C)C)[C@H]6C(OC(C)=O)C[C@@]78C)C5(C)C)OC[C@@H](OS(=O)(=O)[O-])C4O)O[C@@H]3C)OC[C@H]2O)OC(CO)[C@H]1O.[Na+]. The molecule has 5 heterocycles. The van der Waals surface area contributed by atoms with Crippen molar-refractivity contribution >= 4 is 22.3 Å². The van der Waals surface area contributed by atoms with Crippen LogP contribution in [0, 0.1) is 39.4 Å². The van der Waals surface area contributed by atoms with E-state index in [4.69, 9.17) is 52.1 Å². The van der Waals surface area contributed by atoms with Crippen LogP contribution in [0.25, 0.3) is 0 Å². The molecule has 8 N–H and O–H groups in total. The van der Waals surface area contributed by atoms with E-state index >= 15 is 0 Å². The van der Waals surface area contributed by atoms with Gasteiger partial charge in [0.25, 0.3) is 0 Å². The molecular formula is C55H85NaO25S. The number of methoxy groups -OCH3 is 1. The Balaban J connectivity index is 0.00000880. The van der Waals surface area contributed by atoms with Gasteiger partial charge in [-0.25, -0.2) is 8.42 Å². The molecule has 1 spiro atoms. The zero-order valence-corrected chi connectivity index (χ0v) is 51.5. The van der Waals surface area contributed by atoms with Crippen LogP contribution in [0.1, 0.15) is 114 Å². The molecule has 462 valence electrons. The number of aliphatic hydroxyl groups is 8. The standard InChI is InChI=1S/C55H86O25S.Na/c1-24(2)12-11-17-54(9)45-30(73-26(4)57)20-53(8)28-13-14-33-51(5,6)34(16-18-52(33,7)27(28)15-19-55(45,53)50(65)79-54)75-49-44(36(60)32(23-71-49)80-81(66,67)68)78-47-38(62)37(61)41(25(3)72-47)76-46-39(63)42(29(58)22-70-46)77-48-40(64)43(69-10)35(59)31(21-56)74-48;/h12-13,25,27,29-49,56,58-64H,11,14-23H2,1-10H3,(H,66,67,68);/q;+1/p-1/t25-,27-,29-,30?,31?,32-,33?,34+,35-,36?,37?,38+,39?,40?,41-,42?,43?,44?,45-,46+,47+,48+,49?,52-,53+,54+,55-;/m1./s1. The monoisotopic (exact) mass is 1200 g/mol. The Bertz CT molecular complexity index is 2460. The summed E-state index contributed by atoms with van der Waals surface area (Å²) in [6.07, 6.45) is -21.3. The summed E-state index contributed by atoms with van der Waals surface area (Å²) in [6.45, 7) is 15.7. The molecule has 0 aromatic carbocycles. The molecule has 0 amide bonds. The van der Waals surface area contributed by atoms with Crippen LogP contribution in [0.2, 0.25) is 0 Å². The molecular weight excluding hydrogens is 1120 g/mol. The summed E-state index contributed by atoms with van der Waals surface area (Å²) < 4.78 is 106. The second-order valence-electron chi connectivity index (χ2n) is 25.6. The molecule has 0 aromatic rings. The van der Waals surface area contributed by atoms with Crippen LogP contribution >= 0.6 is 0 Å². The van der Waals surface area contributed by atoms with Gasteiger partial charge >= 0.3 is 41.5 Å². The number of cyclic esters (lactones) is 1. The Labute approximate surface area is 500 Å². The summed E-state index contributed by atoms with van der Waals surface area (Å²) in [5, 5.41) is 88.3. The van der Waals surface area contributed by atoms with Gasteiger partial charge in [0.2, 0.25) is 10.4 Å². The maximum Gasteiger partial charge on any atom is 1.00 e. The van der Waals surface area contributed by atoms with Crippen molar-refractivity contribution in [2.24, 2.45) is 39.4 Å². The van der Waals surface area contributed by atoms with E-state index < -0.39 is 181 Å². The van der Waals surface area contributed by atoms with Crippen molar-refractivity contribution in [3.63, 3.8) is 0 Å². The molecule has 27 atom stereocenters. The van der Waals surface area contributed by atoms with E-state index in [0.717, 1.165) is 5.57 Å². The van der Waals surface area contributed by atoms with E-state index in [9.17, 15) is 63.4 Å². The Morgan fingerprint density at radius 1 is 0.780 bits per heavy atom. The first-order valence-corrected chi connectivity index (χ1v) is 29.7. The third kappa shape index (κ3) is 11.8. The van der Waals surface area contributed by atoms with E-state index in [1.165, 1.54) is 26.5 Å². The number of rotatable bonds is 16. The predicted molar refractivity (Wildman–Crippen MR) is 274 cm³/mol. The Morgan fingerprint density at radius 3 is 2.07 bits per heavy atom. The Morgan fingerprint density at radius 2 is 1.43 bits per heavy atom. The van der Waals surface area contributed by atoms with E-state index in [0.29, 0.717) is 51.4 Å². The van der Waals surface area contributed by atoms with Crippen LogP contribution in [-0.4, -0.2) is 221 Å². The third-order valence-corrected chi connectivity index (χ3v) is 20.6. The maximum absolute atomic E-state index is 14.7. The number of carbonyl (C=O) groups is 2. The Kier molecular flexibility index (Phi) is 20.2. The van der Waals surface area contributed by atoms with Gasteiger partial charge in [-0.15, -0.1) is 0 Å². The fourth-order valence-corrected chi connectivity index (χ4v) is 16.7. The van der Waals surface area contributed by atoms with Gasteiger partial charge in [-0.3, -0.25) is 13.8 Å². The maximum atomic E-state index is 14.7. The van der Waals surface area contributed by atoms with Crippen molar-refractivity contribution in [3.8, 4) is 0 Å². The van der Waals surface area contributed by atoms with Gasteiger partial charge in [0.05, 0.1) is 43.4 Å². The summed E-state index contributed by atoms with van der Waals surface area (Å²) in [4.78, 5) is 27.4. The van der Waals surface area contributed by atoms with Crippen LogP contribution < -0.4 is 29.6 Å². The summed E-state index contributed by atoms with van der Waals surface area (Å²) in [7, 11) is -4.20. The topological polar surface area (TPSA) is 364 Å². The number of esters is 2. The van der Waals surface area contributed by atoms with Crippen LogP contribution in [0.3, 0.4) is 0 Å². The van der Waals surface area contributed by atoms with Crippen LogP contribution in [0.4, 0.5) is 0 Å². The van der Waals surface area contributed by atoms with Crippen molar-refractivity contribution < 1.29 is 149 Å². The van der Waals surface area contributed by atoms with E-state index in [1.807, 2.05) is 20.8 Å². The second-order valence-corrected chi connectivity index (χ2v) is 26.6. The van der Waals surface area contributed by atoms with Crippen LogP contribution in [0.15, 0.2) is 23.3 Å². The fourth-order valence-electron chi connectivity index (χ4n) is 16.3. The smallest absolute Gasteiger partial charge is 0.726 e. The van der Waals surface area contributed by atoms with E-state index in [2.05, 4.69) is 44.0 Å². The molecule has 0 bridgehead atoms. The molecule has 8 fully saturated rings. The van der Waals surface area contributed by atoms with Crippen molar-refractivity contribution in [1.29, 1.82) is 0 Å². The number of fused-ring (bicyclic) bond motifs is 4. The first kappa shape index (κ1) is 66.6. The minimum Gasteiger partial charge on any atom is -0.726 e. The number of aliphatic hydroxyl groups excluding tert-OH is 8. The van der Waals surface area contributed by atoms with E-state index in [-0.39, 0.29) is 58.7 Å². The van der Waals surface area contributed by atoms with Gasteiger partial charge in [-0.2, -0.15) is 0 Å². The van der Waals surface area contributed by atoms with Gasteiger partial charge in [0, 0.05) is 19.4 Å². The average Bonchev–Trinajstić information content (AvgIpc) is 2.08. The quantitative estimate of drug-likeness (QED) is 0.0256. The van der Waals surface area contributed by atoms with Crippen molar-refractivity contribution in [2.75, 3.05) is 26.9 Å². The molecule has 3 saturated carbocycles. The summed E-state index contributed by atoms with van der Waals surface area (Å²) in [5.74, 6) is -0.985. The molecule has 25 nitrogen and oxygen atoms in total. The zero-order chi connectivity index (χ0) is 59.3. The molecule has 9 rings (SSSR count). The normalized spacial score (nSPS) is 48.9.